The van der Waals surface area contributed by atoms with Crippen molar-refractivity contribution in [1.82, 2.24) is 0 Å². The van der Waals surface area contributed by atoms with Crippen LogP contribution in [-0.2, 0) is 0 Å². The topological polar surface area (TPSA) is 0 Å². The molecule has 0 N–H and O–H groups in total. The third-order valence-corrected chi connectivity index (χ3v) is 9.48. The lowest BCUT2D eigenvalue weighted by Gasteiger charge is -2.62. The first-order valence-electron chi connectivity index (χ1n) is 10.6. The van der Waals surface area contributed by atoms with Gasteiger partial charge in [0.05, 0.1) is 0 Å². The summed E-state index contributed by atoms with van der Waals surface area (Å²) in [5, 5.41) is 0. The number of allylic oxidation sites excluding steroid dienone is 2. The Hall–Kier alpha value is -0.260. The van der Waals surface area contributed by atoms with Crippen LogP contribution in [0.1, 0.15) is 86.0 Å². The lowest BCUT2D eigenvalue weighted by Crippen LogP contribution is -2.55. The normalized spacial score (nSPS) is 57.7. The van der Waals surface area contributed by atoms with Crippen LogP contribution < -0.4 is 0 Å². The second kappa shape index (κ2) is 5.37. The van der Waals surface area contributed by atoms with Crippen molar-refractivity contribution in [2.45, 2.75) is 86.0 Å². The molecule has 0 bridgehead atoms. The van der Waals surface area contributed by atoms with Crippen LogP contribution in [0.5, 0.6) is 0 Å². The summed E-state index contributed by atoms with van der Waals surface area (Å²) in [6.45, 7) is 12.8. The first-order valence-corrected chi connectivity index (χ1v) is 10.6. The van der Waals surface area contributed by atoms with E-state index in [0.29, 0.717) is 10.8 Å². The van der Waals surface area contributed by atoms with Gasteiger partial charge in [0.25, 0.3) is 0 Å². The van der Waals surface area contributed by atoms with Crippen molar-refractivity contribution in [2.24, 2.45) is 46.3 Å². The zero-order chi connectivity index (χ0) is 16.4. The molecule has 23 heavy (non-hydrogen) atoms. The van der Waals surface area contributed by atoms with Crippen LogP contribution in [0.25, 0.3) is 0 Å². The van der Waals surface area contributed by atoms with Crippen LogP contribution in [0, 0.1) is 46.3 Å². The predicted octanol–water partition coefficient (Wildman–Crippen LogP) is 6.86. The van der Waals surface area contributed by atoms with Gasteiger partial charge in [-0.25, -0.2) is 0 Å². The maximum absolute atomic E-state index is 2.71. The van der Waals surface area contributed by atoms with Gasteiger partial charge in [0.1, 0.15) is 0 Å². The first kappa shape index (κ1) is 16.2. The van der Waals surface area contributed by atoms with E-state index in [1.54, 1.807) is 5.57 Å². The van der Waals surface area contributed by atoms with Crippen LogP contribution in [0.15, 0.2) is 11.6 Å². The smallest absolute Gasteiger partial charge is 0.00852 e. The van der Waals surface area contributed by atoms with E-state index in [4.69, 9.17) is 0 Å². The summed E-state index contributed by atoms with van der Waals surface area (Å²) in [5.41, 5.74) is 3.02. The Morgan fingerprint density at radius 1 is 0.957 bits per heavy atom. The molecule has 0 saturated heterocycles. The molecule has 8 atom stereocenters. The van der Waals surface area contributed by atoms with Crippen molar-refractivity contribution in [3.63, 3.8) is 0 Å². The van der Waals surface area contributed by atoms with Gasteiger partial charge in [0, 0.05) is 0 Å². The Kier molecular flexibility index (Phi) is 3.79. The molecule has 0 radical (unpaired) electrons. The molecule has 0 heterocycles. The molecule has 0 heteroatoms. The summed E-state index contributed by atoms with van der Waals surface area (Å²) < 4.78 is 0. The minimum atomic E-state index is 0.551. The third kappa shape index (κ3) is 2.15. The predicted molar refractivity (Wildman–Crippen MR) is 99.2 cm³/mol. The van der Waals surface area contributed by atoms with Crippen molar-refractivity contribution in [2.75, 3.05) is 0 Å². The zero-order valence-electron chi connectivity index (χ0n) is 16.2. The van der Waals surface area contributed by atoms with Gasteiger partial charge in [-0.1, -0.05) is 45.8 Å². The van der Waals surface area contributed by atoms with E-state index in [9.17, 15) is 0 Å². The SMILES string of the molecule is C/C=C1/CCC2C3C(C)CC4CC(C)CCC4(C)C3CCC12C. The molecule has 0 aromatic heterocycles. The average molecular weight is 315 g/mol. The molecule has 0 aromatic carbocycles. The van der Waals surface area contributed by atoms with E-state index in [2.05, 4.69) is 40.7 Å². The zero-order valence-corrected chi connectivity index (χ0v) is 16.2. The molecule has 0 spiro atoms. The van der Waals surface area contributed by atoms with Crippen LogP contribution in [-0.4, -0.2) is 0 Å². The Bertz CT molecular complexity index is 502. The maximum atomic E-state index is 2.71. The molecule has 0 aliphatic heterocycles. The fourth-order valence-electron chi connectivity index (χ4n) is 8.18. The van der Waals surface area contributed by atoms with Gasteiger partial charge in [-0.2, -0.15) is 0 Å². The molecule has 4 saturated carbocycles. The third-order valence-electron chi connectivity index (χ3n) is 9.48. The van der Waals surface area contributed by atoms with Crippen LogP contribution in [0.3, 0.4) is 0 Å². The summed E-state index contributed by atoms with van der Waals surface area (Å²) >= 11 is 0. The molecule has 4 aliphatic carbocycles. The largest absolute Gasteiger partial charge is 0.0879 e. The van der Waals surface area contributed by atoms with E-state index in [-0.39, 0.29) is 0 Å². The van der Waals surface area contributed by atoms with E-state index in [0.717, 1.165) is 35.5 Å². The monoisotopic (exact) mass is 314 g/mol. The van der Waals surface area contributed by atoms with Gasteiger partial charge in [-0.05, 0) is 98.2 Å². The molecular formula is C23H38. The van der Waals surface area contributed by atoms with Crippen LogP contribution in [0.4, 0.5) is 0 Å². The van der Waals surface area contributed by atoms with Gasteiger partial charge >= 0.3 is 0 Å². The fourth-order valence-corrected chi connectivity index (χ4v) is 8.18. The lowest BCUT2D eigenvalue weighted by atomic mass is 9.42. The van der Waals surface area contributed by atoms with Crippen molar-refractivity contribution >= 4 is 0 Å². The summed E-state index contributed by atoms with van der Waals surface area (Å²) in [7, 11) is 0. The molecule has 4 fully saturated rings. The fraction of sp³-hybridized carbons (Fsp3) is 0.913. The van der Waals surface area contributed by atoms with E-state index in [1.807, 2.05) is 0 Å². The molecular weight excluding hydrogens is 276 g/mol. The van der Waals surface area contributed by atoms with Gasteiger partial charge in [-0.15, -0.1) is 0 Å². The lowest BCUT2D eigenvalue weighted by molar-refractivity contribution is -0.129. The second-order valence-corrected chi connectivity index (χ2v) is 10.4. The Morgan fingerprint density at radius 2 is 1.74 bits per heavy atom. The van der Waals surface area contributed by atoms with Crippen molar-refractivity contribution in [3.8, 4) is 0 Å². The van der Waals surface area contributed by atoms with Gasteiger partial charge < -0.3 is 0 Å². The molecule has 130 valence electrons. The van der Waals surface area contributed by atoms with Crippen molar-refractivity contribution in [1.29, 1.82) is 0 Å². The number of hydrogen-bond acceptors (Lipinski definition) is 0. The summed E-state index contributed by atoms with van der Waals surface area (Å²) in [5.74, 6) is 5.99. The standard InChI is InChI=1S/C23H38/c1-6-17-7-8-19-21-16(3)14-18-13-15(2)9-11-23(18,5)20(21)10-12-22(17,19)4/h6,15-16,18-21H,7-14H2,1-5H3/b17-6-. The Balaban J connectivity index is 1.68. The summed E-state index contributed by atoms with van der Waals surface area (Å²) in [6, 6.07) is 0. The van der Waals surface area contributed by atoms with E-state index < -0.39 is 0 Å². The molecule has 0 aromatic rings. The molecule has 4 aliphatic rings. The highest BCUT2D eigenvalue weighted by Gasteiger charge is 2.60. The number of hydrogen-bond donors (Lipinski definition) is 0. The van der Waals surface area contributed by atoms with E-state index in [1.165, 1.54) is 51.4 Å². The molecule has 8 unspecified atom stereocenters. The van der Waals surface area contributed by atoms with Crippen molar-refractivity contribution in [3.05, 3.63) is 11.6 Å². The number of fused-ring (bicyclic) bond motifs is 5. The highest BCUT2D eigenvalue weighted by molar-refractivity contribution is 5.24. The second-order valence-electron chi connectivity index (χ2n) is 10.4. The minimum Gasteiger partial charge on any atom is -0.0879 e. The van der Waals surface area contributed by atoms with Crippen LogP contribution in [0.2, 0.25) is 0 Å². The summed E-state index contributed by atoms with van der Waals surface area (Å²) in [4.78, 5) is 0. The van der Waals surface area contributed by atoms with Crippen LogP contribution >= 0.6 is 0 Å². The molecule has 4 rings (SSSR count). The highest BCUT2D eigenvalue weighted by atomic mass is 14.6. The van der Waals surface area contributed by atoms with Gasteiger partial charge in [0.15, 0.2) is 0 Å². The number of rotatable bonds is 0. The minimum absolute atomic E-state index is 0.551. The van der Waals surface area contributed by atoms with Crippen molar-refractivity contribution < 1.29 is 0 Å². The average Bonchev–Trinajstić information content (AvgIpc) is 2.85. The molecule has 0 amide bonds. The molecule has 0 nitrogen and oxygen atoms in total. The van der Waals surface area contributed by atoms with Gasteiger partial charge in [-0.3, -0.25) is 0 Å². The van der Waals surface area contributed by atoms with Gasteiger partial charge in [0.2, 0.25) is 0 Å². The quantitative estimate of drug-likeness (QED) is 0.428. The van der Waals surface area contributed by atoms with E-state index >= 15 is 0 Å². The Labute approximate surface area is 144 Å². The Morgan fingerprint density at radius 3 is 2.48 bits per heavy atom. The summed E-state index contributed by atoms with van der Waals surface area (Å²) in [6.07, 6.45) is 14.4. The highest BCUT2D eigenvalue weighted by Crippen LogP contribution is 2.68. The first-order chi connectivity index (χ1) is 10.9. The maximum Gasteiger partial charge on any atom is -0.00852 e.